The van der Waals surface area contributed by atoms with E-state index in [-0.39, 0.29) is 17.5 Å². The van der Waals surface area contributed by atoms with Crippen LogP contribution in [0.3, 0.4) is 0 Å². The van der Waals surface area contributed by atoms with Gasteiger partial charge in [0.1, 0.15) is 11.5 Å². The Morgan fingerprint density at radius 2 is 1.95 bits per heavy atom. The van der Waals surface area contributed by atoms with E-state index in [4.69, 9.17) is 0 Å². The third-order valence-electron chi connectivity index (χ3n) is 3.34. The lowest BCUT2D eigenvalue weighted by molar-refractivity contribution is 0.283. The summed E-state index contributed by atoms with van der Waals surface area (Å²) in [4.78, 5) is 2.39. The zero-order chi connectivity index (χ0) is 14.3. The molecule has 1 aromatic rings. The monoisotopic (exact) mass is 266 g/mol. The summed E-state index contributed by atoms with van der Waals surface area (Å²) in [5.74, 6) is 0.404. The third-order valence-corrected chi connectivity index (χ3v) is 3.34. The van der Waals surface area contributed by atoms with Crippen LogP contribution in [0.2, 0.25) is 0 Å². The molecular formula is C15H26N2O2. The largest absolute Gasteiger partial charge is 0.508 e. The van der Waals surface area contributed by atoms with Crippen LogP contribution in [0.5, 0.6) is 11.5 Å². The van der Waals surface area contributed by atoms with Crippen molar-refractivity contribution in [2.24, 2.45) is 0 Å². The normalized spacial score (nSPS) is 12.8. The molecule has 4 heteroatoms. The first-order chi connectivity index (χ1) is 9.08. The minimum atomic E-state index is 0.0208. The summed E-state index contributed by atoms with van der Waals surface area (Å²) >= 11 is 0. The molecule has 0 spiro atoms. The number of phenolic OH excluding ortho intramolecular Hbond substituents is 2. The Hall–Kier alpha value is -1.26. The van der Waals surface area contributed by atoms with Crippen molar-refractivity contribution < 1.29 is 10.2 Å². The van der Waals surface area contributed by atoms with Gasteiger partial charge in [-0.2, -0.15) is 0 Å². The molecule has 1 unspecified atom stereocenters. The van der Waals surface area contributed by atoms with E-state index in [2.05, 4.69) is 24.1 Å². The van der Waals surface area contributed by atoms with E-state index >= 15 is 0 Å². The molecule has 19 heavy (non-hydrogen) atoms. The van der Waals surface area contributed by atoms with Crippen LogP contribution in [0.15, 0.2) is 18.2 Å². The van der Waals surface area contributed by atoms with Gasteiger partial charge in [-0.1, -0.05) is 13.8 Å². The molecule has 0 saturated heterocycles. The second kappa shape index (κ2) is 8.02. The van der Waals surface area contributed by atoms with E-state index in [0.717, 1.165) is 38.2 Å². The molecule has 1 rings (SSSR count). The lowest BCUT2D eigenvalue weighted by Crippen LogP contribution is -2.33. The van der Waals surface area contributed by atoms with Crippen molar-refractivity contribution in [1.82, 2.24) is 10.2 Å². The molecule has 1 atom stereocenters. The molecule has 0 radical (unpaired) electrons. The van der Waals surface area contributed by atoms with E-state index in [0.29, 0.717) is 0 Å². The van der Waals surface area contributed by atoms with Crippen LogP contribution in [0.1, 0.15) is 38.8 Å². The van der Waals surface area contributed by atoms with Crippen LogP contribution in [-0.4, -0.2) is 41.3 Å². The number of hydrogen-bond donors (Lipinski definition) is 3. The van der Waals surface area contributed by atoms with Gasteiger partial charge < -0.3 is 20.4 Å². The quantitative estimate of drug-likeness (QED) is 0.633. The zero-order valence-electron chi connectivity index (χ0n) is 12.2. The van der Waals surface area contributed by atoms with E-state index in [1.807, 2.05) is 6.92 Å². The summed E-state index contributed by atoms with van der Waals surface area (Å²) < 4.78 is 0. The van der Waals surface area contributed by atoms with E-state index < -0.39 is 0 Å². The summed E-state index contributed by atoms with van der Waals surface area (Å²) in [5, 5.41) is 22.6. The minimum absolute atomic E-state index is 0.0208. The number of nitrogens with zero attached hydrogens (tertiary/aromatic N) is 1. The van der Waals surface area contributed by atoms with Crippen molar-refractivity contribution in [2.45, 2.75) is 33.2 Å². The lowest BCUT2D eigenvalue weighted by Gasteiger charge is -2.22. The maximum Gasteiger partial charge on any atom is 0.120 e. The van der Waals surface area contributed by atoms with Gasteiger partial charge in [0.05, 0.1) is 0 Å². The van der Waals surface area contributed by atoms with Crippen molar-refractivity contribution in [3.8, 4) is 11.5 Å². The first-order valence-corrected chi connectivity index (χ1v) is 7.06. The van der Waals surface area contributed by atoms with Crippen LogP contribution in [0.4, 0.5) is 0 Å². The fourth-order valence-electron chi connectivity index (χ4n) is 2.18. The van der Waals surface area contributed by atoms with Gasteiger partial charge >= 0.3 is 0 Å². The highest BCUT2D eigenvalue weighted by molar-refractivity contribution is 5.40. The summed E-state index contributed by atoms with van der Waals surface area (Å²) in [6.45, 7) is 10.4. The maximum atomic E-state index is 9.78. The predicted molar refractivity (Wildman–Crippen MR) is 78.6 cm³/mol. The van der Waals surface area contributed by atoms with Crippen LogP contribution >= 0.6 is 0 Å². The van der Waals surface area contributed by atoms with Gasteiger partial charge in [-0.25, -0.2) is 0 Å². The average Bonchev–Trinajstić information content (AvgIpc) is 2.40. The Kier molecular flexibility index (Phi) is 6.67. The van der Waals surface area contributed by atoms with Gasteiger partial charge in [-0.15, -0.1) is 0 Å². The molecule has 0 aromatic heterocycles. The van der Waals surface area contributed by atoms with Crippen molar-refractivity contribution >= 4 is 0 Å². The lowest BCUT2D eigenvalue weighted by atomic mass is 10.1. The number of benzene rings is 1. The standard InChI is InChI=1S/C15H26N2O2/c1-4-9-17(5-2)10-8-16-12(3)14-11-13(18)6-7-15(14)19/h6-7,11-12,16,18-19H,4-5,8-10H2,1-3H3. The molecule has 1 aromatic carbocycles. The Labute approximate surface area is 116 Å². The van der Waals surface area contributed by atoms with Crippen LogP contribution in [0.25, 0.3) is 0 Å². The Bertz CT molecular complexity index is 382. The molecular weight excluding hydrogens is 240 g/mol. The van der Waals surface area contributed by atoms with Crippen LogP contribution in [-0.2, 0) is 0 Å². The molecule has 108 valence electrons. The highest BCUT2D eigenvalue weighted by Gasteiger charge is 2.11. The van der Waals surface area contributed by atoms with Gasteiger partial charge in [-0.05, 0) is 44.6 Å². The number of rotatable bonds is 8. The van der Waals surface area contributed by atoms with E-state index in [1.54, 1.807) is 6.07 Å². The molecule has 4 nitrogen and oxygen atoms in total. The van der Waals surface area contributed by atoms with E-state index in [9.17, 15) is 10.2 Å². The second-order valence-electron chi connectivity index (χ2n) is 4.85. The molecule has 0 amide bonds. The number of aromatic hydroxyl groups is 2. The second-order valence-corrected chi connectivity index (χ2v) is 4.85. The van der Waals surface area contributed by atoms with Gasteiger partial charge in [0.2, 0.25) is 0 Å². The Morgan fingerprint density at radius 1 is 1.21 bits per heavy atom. The molecule has 0 saturated carbocycles. The number of phenols is 2. The summed E-state index contributed by atoms with van der Waals surface area (Å²) in [6, 6.07) is 4.65. The Balaban J connectivity index is 2.46. The molecule has 0 aliphatic carbocycles. The van der Waals surface area contributed by atoms with Crippen LogP contribution < -0.4 is 5.32 Å². The van der Waals surface area contributed by atoms with Gasteiger partial charge in [-0.3, -0.25) is 0 Å². The molecule has 3 N–H and O–H groups in total. The fourth-order valence-corrected chi connectivity index (χ4v) is 2.18. The van der Waals surface area contributed by atoms with Crippen molar-refractivity contribution in [3.05, 3.63) is 23.8 Å². The number of hydrogen-bond acceptors (Lipinski definition) is 4. The van der Waals surface area contributed by atoms with Gasteiger partial charge in [0, 0.05) is 24.7 Å². The first-order valence-electron chi connectivity index (χ1n) is 7.06. The number of nitrogens with one attached hydrogen (secondary N) is 1. The highest BCUT2D eigenvalue weighted by Crippen LogP contribution is 2.27. The maximum absolute atomic E-state index is 9.78. The minimum Gasteiger partial charge on any atom is -0.508 e. The Morgan fingerprint density at radius 3 is 2.58 bits per heavy atom. The summed E-state index contributed by atoms with van der Waals surface area (Å²) in [7, 11) is 0. The zero-order valence-corrected chi connectivity index (χ0v) is 12.2. The SMILES string of the molecule is CCCN(CC)CCNC(C)c1cc(O)ccc1O. The molecule has 0 bridgehead atoms. The van der Waals surface area contributed by atoms with Crippen molar-refractivity contribution in [1.29, 1.82) is 0 Å². The fraction of sp³-hybridized carbons (Fsp3) is 0.600. The summed E-state index contributed by atoms with van der Waals surface area (Å²) in [6.07, 6.45) is 1.16. The topological polar surface area (TPSA) is 55.7 Å². The first kappa shape index (κ1) is 15.8. The van der Waals surface area contributed by atoms with Crippen molar-refractivity contribution in [2.75, 3.05) is 26.2 Å². The predicted octanol–water partition coefficient (Wildman–Crippen LogP) is 2.48. The van der Waals surface area contributed by atoms with Gasteiger partial charge in [0.15, 0.2) is 0 Å². The number of likely N-dealkylation sites (N-methyl/N-ethyl adjacent to an activating group) is 1. The average molecular weight is 266 g/mol. The molecule has 0 aliphatic rings. The molecule has 0 fully saturated rings. The van der Waals surface area contributed by atoms with Crippen molar-refractivity contribution in [3.63, 3.8) is 0 Å². The summed E-state index contributed by atoms with van der Waals surface area (Å²) in [5.41, 5.74) is 0.735. The van der Waals surface area contributed by atoms with Gasteiger partial charge in [0.25, 0.3) is 0 Å². The third kappa shape index (κ3) is 5.09. The smallest absolute Gasteiger partial charge is 0.120 e. The molecule has 0 aliphatic heterocycles. The van der Waals surface area contributed by atoms with E-state index in [1.165, 1.54) is 12.1 Å². The molecule has 0 heterocycles. The van der Waals surface area contributed by atoms with Crippen LogP contribution in [0, 0.1) is 0 Å². The highest BCUT2D eigenvalue weighted by atomic mass is 16.3.